The van der Waals surface area contributed by atoms with E-state index in [-0.39, 0.29) is 11.7 Å². The summed E-state index contributed by atoms with van der Waals surface area (Å²) < 4.78 is 18.6. The SMILES string of the molecule is CN(c1ccc([N+](=O)[O-])cc1F)C1COC1. The Labute approximate surface area is 91.6 Å². The molecule has 1 fully saturated rings. The van der Waals surface area contributed by atoms with Crippen LogP contribution in [0.25, 0.3) is 0 Å². The number of nitrogens with zero attached hydrogens (tertiary/aromatic N) is 2. The minimum absolute atomic E-state index is 0.149. The zero-order valence-electron chi connectivity index (χ0n) is 8.72. The predicted octanol–water partition coefficient (Wildman–Crippen LogP) is 1.57. The number of likely N-dealkylation sites (N-methyl/N-ethyl adjacent to an activating group) is 1. The van der Waals surface area contributed by atoms with Crippen molar-refractivity contribution in [1.82, 2.24) is 0 Å². The highest BCUT2D eigenvalue weighted by Gasteiger charge is 2.25. The van der Waals surface area contributed by atoms with Crippen molar-refractivity contribution in [3.63, 3.8) is 0 Å². The lowest BCUT2D eigenvalue weighted by atomic mass is 10.2. The zero-order valence-corrected chi connectivity index (χ0v) is 8.72. The van der Waals surface area contributed by atoms with Crippen LogP contribution in [0.15, 0.2) is 18.2 Å². The standard InChI is InChI=1S/C10H11FN2O3/c1-12(8-5-16-6-8)10-3-2-7(13(14)15)4-9(10)11/h2-4,8H,5-6H2,1H3. The Kier molecular flexibility index (Phi) is 2.74. The first-order chi connectivity index (χ1) is 7.59. The van der Waals surface area contributed by atoms with Crippen LogP contribution in [-0.2, 0) is 4.74 Å². The smallest absolute Gasteiger partial charge is 0.272 e. The van der Waals surface area contributed by atoms with E-state index in [0.29, 0.717) is 18.9 Å². The van der Waals surface area contributed by atoms with Gasteiger partial charge in [0.05, 0.1) is 35.9 Å². The van der Waals surface area contributed by atoms with Gasteiger partial charge in [-0.15, -0.1) is 0 Å². The quantitative estimate of drug-likeness (QED) is 0.579. The van der Waals surface area contributed by atoms with Gasteiger partial charge in [-0.1, -0.05) is 0 Å². The molecule has 0 spiro atoms. The maximum absolute atomic E-state index is 13.6. The number of non-ortho nitro benzene ring substituents is 1. The second-order valence-corrected chi connectivity index (χ2v) is 3.70. The van der Waals surface area contributed by atoms with E-state index in [4.69, 9.17) is 4.74 Å². The number of benzene rings is 1. The van der Waals surface area contributed by atoms with Gasteiger partial charge >= 0.3 is 0 Å². The highest BCUT2D eigenvalue weighted by molar-refractivity contribution is 5.52. The number of ether oxygens (including phenoxy) is 1. The Morgan fingerprint density at radius 3 is 2.69 bits per heavy atom. The summed E-state index contributed by atoms with van der Waals surface area (Å²) in [4.78, 5) is 11.6. The van der Waals surface area contributed by atoms with Crippen LogP contribution >= 0.6 is 0 Å². The summed E-state index contributed by atoms with van der Waals surface area (Å²) in [5.74, 6) is -0.580. The molecule has 1 aliphatic heterocycles. The average molecular weight is 226 g/mol. The fourth-order valence-corrected chi connectivity index (χ4v) is 1.54. The van der Waals surface area contributed by atoms with Crippen molar-refractivity contribution in [2.24, 2.45) is 0 Å². The predicted molar refractivity (Wildman–Crippen MR) is 56.1 cm³/mol. The summed E-state index contributed by atoms with van der Waals surface area (Å²) in [6, 6.07) is 3.81. The molecule has 0 N–H and O–H groups in total. The van der Waals surface area contributed by atoms with Gasteiger partial charge in [-0.05, 0) is 6.07 Å². The van der Waals surface area contributed by atoms with E-state index >= 15 is 0 Å². The third-order valence-corrected chi connectivity index (χ3v) is 2.69. The molecule has 0 radical (unpaired) electrons. The molecule has 0 aliphatic carbocycles. The van der Waals surface area contributed by atoms with E-state index in [2.05, 4.69) is 0 Å². The fourth-order valence-electron chi connectivity index (χ4n) is 1.54. The van der Waals surface area contributed by atoms with Crippen molar-refractivity contribution >= 4 is 11.4 Å². The van der Waals surface area contributed by atoms with Crippen LogP contribution in [0.5, 0.6) is 0 Å². The third kappa shape index (κ3) is 1.83. The van der Waals surface area contributed by atoms with E-state index in [0.717, 1.165) is 6.07 Å². The van der Waals surface area contributed by atoms with Crippen LogP contribution in [0.3, 0.4) is 0 Å². The van der Waals surface area contributed by atoms with Crippen LogP contribution in [0.2, 0.25) is 0 Å². The van der Waals surface area contributed by atoms with E-state index in [1.807, 2.05) is 0 Å². The lowest BCUT2D eigenvalue weighted by Gasteiger charge is -2.36. The van der Waals surface area contributed by atoms with Crippen LogP contribution in [0.1, 0.15) is 0 Å². The zero-order chi connectivity index (χ0) is 11.7. The minimum Gasteiger partial charge on any atom is -0.377 e. The first-order valence-corrected chi connectivity index (χ1v) is 4.84. The van der Waals surface area contributed by atoms with E-state index in [1.54, 1.807) is 11.9 Å². The molecule has 0 atom stereocenters. The van der Waals surface area contributed by atoms with Crippen molar-refractivity contribution in [3.8, 4) is 0 Å². The maximum Gasteiger partial charge on any atom is 0.272 e. The first-order valence-electron chi connectivity index (χ1n) is 4.84. The largest absolute Gasteiger partial charge is 0.377 e. The Bertz CT molecular complexity index is 421. The number of hydrogen-bond acceptors (Lipinski definition) is 4. The molecular formula is C10H11FN2O3. The number of nitro benzene ring substituents is 1. The van der Waals surface area contributed by atoms with Crippen LogP contribution in [0.4, 0.5) is 15.8 Å². The van der Waals surface area contributed by atoms with Gasteiger partial charge in [0.15, 0.2) is 5.82 Å². The minimum atomic E-state index is -0.612. The van der Waals surface area contributed by atoms with Crippen molar-refractivity contribution in [1.29, 1.82) is 0 Å². The van der Waals surface area contributed by atoms with Crippen molar-refractivity contribution < 1.29 is 14.1 Å². The molecule has 1 aliphatic rings. The molecule has 0 bridgehead atoms. The summed E-state index contributed by atoms with van der Waals surface area (Å²) in [7, 11) is 1.75. The molecule has 2 rings (SSSR count). The van der Waals surface area contributed by atoms with Gasteiger partial charge in [-0.3, -0.25) is 10.1 Å². The molecule has 0 saturated carbocycles. The van der Waals surface area contributed by atoms with Crippen LogP contribution in [-0.4, -0.2) is 31.2 Å². The molecule has 0 unspecified atom stereocenters. The van der Waals surface area contributed by atoms with Gasteiger partial charge in [0.2, 0.25) is 0 Å². The highest BCUT2D eigenvalue weighted by Crippen LogP contribution is 2.26. The molecule has 1 aromatic carbocycles. The second kappa shape index (κ2) is 4.05. The van der Waals surface area contributed by atoms with Crippen molar-refractivity contribution in [2.75, 3.05) is 25.2 Å². The highest BCUT2D eigenvalue weighted by atomic mass is 19.1. The monoisotopic (exact) mass is 226 g/mol. The molecule has 6 heteroatoms. The number of anilines is 1. The molecule has 1 saturated heterocycles. The fraction of sp³-hybridized carbons (Fsp3) is 0.400. The number of rotatable bonds is 3. The van der Waals surface area contributed by atoms with Crippen LogP contribution in [0, 0.1) is 15.9 Å². The Morgan fingerprint density at radius 2 is 2.25 bits per heavy atom. The summed E-state index contributed by atoms with van der Waals surface area (Å²) in [6.45, 7) is 1.12. The molecule has 0 aromatic heterocycles. The second-order valence-electron chi connectivity index (χ2n) is 3.70. The average Bonchev–Trinajstić information content (AvgIpc) is 2.14. The Hall–Kier alpha value is -1.69. The topological polar surface area (TPSA) is 55.6 Å². The van der Waals surface area contributed by atoms with E-state index in [9.17, 15) is 14.5 Å². The van der Waals surface area contributed by atoms with Crippen molar-refractivity contribution in [3.05, 3.63) is 34.1 Å². The molecular weight excluding hydrogens is 215 g/mol. The maximum atomic E-state index is 13.6. The Morgan fingerprint density at radius 1 is 1.56 bits per heavy atom. The molecule has 5 nitrogen and oxygen atoms in total. The first kappa shape index (κ1) is 10.8. The molecule has 1 aromatic rings. The lowest BCUT2D eigenvalue weighted by molar-refractivity contribution is -0.385. The van der Waals surface area contributed by atoms with Crippen molar-refractivity contribution in [2.45, 2.75) is 6.04 Å². The van der Waals surface area contributed by atoms with Gasteiger partial charge in [0.25, 0.3) is 5.69 Å². The molecule has 86 valence electrons. The normalized spacial score (nSPS) is 15.6. The summed E-state index contributed by atoms with van der Waals surface area (Å²) in [5.41, 5.74) is 0.124. The van der Waals surface area contributed by atoms with E-state index in [1.165, 1.54) is 12.1 Å². The van der Waals surface area contributed by atoms with Gasteiger partial charge in [0.1, 0.15) is 0 Å². The van der Waals surface area contributed by atoms with Crippen LogP contribution < -0.4 is 4.90 Å². The lowest BCUT2D eigenvalue weighted by Crippen LogP contribution is -2.47. The molecule has 16 heavy (non-hydrogen) atoms. The Balaban J connectivity index is 2.24. The van der Waals surface area contributed by atoms with Gasteiger partial charge in [-0.25, -0.2) is 4.39 Å². The van der Waals surface area contributed by atoms with E-state index < -0.39 is 10.7 Å². The summed E-state index contributed by atoms with van der Waals surface area (Å²) >= 11 is 0. The molecule has 0 amide bonds. The van der Waals surface area contributed by atoms with Gasteiger partial charge in [0, 0.05) is 13.1 Å². The summed E-state index contributed by atoms with van der Waals surface area (Å²) in [5, 5.41) is 10.4. The number of hydrogen-bond donors (Lipinski definition) is 0. The van der Waals surface area contributed by atoms with Gasteiger partial charge in [-0.2, -0.15) is 0 Å². The summed E-state index contributed by atoms with van der Waals surface area (Å²) in [6.07, 6.45) is 0. The number of halogens is 1. The number of nitro groups is 1. The van der Waals surface area contributed by atoms with Gasteiger partial charge < -0.3 is 9.64 Å². The third-order valence-electron chi connectivity index (χ3n) is 2.69. The molecule has 1 heterocycles.